The Kier molecular flexibility index (Phi) is 5.08. The van der Waals surface area contributed by atoms with Crippen molar-refractivity contribution in [1.82, 2.24) is 20.0 Å². The number of carbonyl (C=O) groups excluding carboxylic acids is 1. The maximum absolute atomic E-state index is 12.3. The van der Waals surface area contributed by atoms with Crippen molar-refractivity contribution in [2.24, 2.45) is 0 Å². The Balaban J connectivity index is 1.40. The minimum Gasteiger partial charge on any atom is -0.326 e. The number of rotatable bonds is 5. The molecule has 0 spiro atoms. The topological polar surface area (TPSA) is 72.7 Å². The van der Waals surface area contributed by atoms with Crippen LogP contribution in [0.4, 0.5) is 5.69 Å². The molecular formula is C19H14BrN5OS. The van der Waals surface area contributed by atoms with Gasteiger partial charge in [-0.15, -0.1) is 11.3 Å². The average Bonchev–Trinajstić information content (AvgIpc) is 3.34. The number of carbonyl (C=O) groups is 1. The summed E-state index contributed by atoms with van der Waals surface area (Å²) in [6, 6.07) is 15.3. The molecule has 1 amide bonds. The molecule has 2 heterocycles. The van der Waals surface area contributed by atoms with Crippen molar-refractivity contribution in [3.63, 3.8) is 0 Å². The van der Waals surface area contributed by atoms with Crippen LogP contribution in [0.1, 0.15) is 5.69 Å². The first-order valence-corrected chi connectivity index (χ1v) is 9.81. The maximum atomic E-state index is 12.3. The van der Waals surface area contributed by atoms with Crippen LogP contribution in [0.15, 0.2) is 70.8 Å². The molecule has 4 rings (SSSR count). The van der Waals surface area contributed by atoms with Gasteiger partial charge in [-0.3, -0.25) is 4.79 Å². The first-order valence-electron chi connectivity index (χ1n) is 8.14. The van der Waals surface area contributed by atoms with E-state index in [1.807, 2.05) is 53.9 Å². The third kappa shape index (κ3) is 4.29. The molecule has 1 N–H and O–H groups in total. The molecule has 4 aromatic rings. The molecule has 0 aliphatic heterocycles. The summed E-state index contributed by atoms with van der Waals surface area (Å²) in [5, 5.41) is 13.9. The summed E-state index contributed by atoms with van der Waals surface area (Å²) in [5.74, 6) is -0.106. The third-order valence-electron chi connectivity index (χ3n) is 3.77. The summed E-state index contributed by atoms with van der Waals surface area (Å²) >= 11 is 5.00. The van der Waals surface area contributed by atoms with Crippen molar-refractivity contribution < 1.29 is 4.79 Å². The van der Waals surface area contributed by atoms with E-state index >= 15 is 0 Å². The number of amides is 1. The van der Waals surface area contributed by atoms with Crippen molar-refractivity contribution in [2.75, 3.05) is 5.32 Å². The first kappa shape index (κ1) is 17.6. The molecule has 6 nitrogen and oxygen atoms in total. The fourth-order valence-electron chi connectivity index (χ4n) is 2.54. The van der Waals surface area contributed by atoms with Gasteiger partial charge in [-0.1, -0.05) is 28.1 Å². The Bertz CT molecular complexity index is 1060. The summed E-state index contributed by atoms with van der Waals surface area (Å²) in [6.45, 7) is 0. The van der Waals surface area contributed by atoms with Crippen molar-refractivity contribution in [3.05, 3.63) is 76.5 Å². The lowest BCUT2D eigenvalue weighted by molar-refractivity contribution is -0.115. The quantitative estimate of drug-likeness (QED) is 0.501. The van der Waals surface area contributed by atoms with Gasteiger partial charge in [-0.25, -0.2) is 4.98 Å². The van der Waals surface area contributed by atoms with Crippen LogP contribution in [0.25, 0.3) is 16.3 Å². The minimum atomic E-state index is -0.106. The SMILES string of the molecule is O=C(Cc1csc(-c2cccc(Br)c2)n1)Nc1ccc(-n2nccn2)cc1. The molecule has 0 aliphatic rings. The summed E-state index contributed by atoms with van der Waals surface area (Å²) in [5.41, 5.74) is 3.34. The number of hydrogen-bond donors (Lipinski definition) is 1. The van der Waals surface area contributed by atoms with Crippen molar-refractivity contribution in [2.45, 2.75) is 6.42 Å². The standard InChI is InChI=1S/C19H14BrN5OS/c20-14-3-1-2-13(10-14)19-24-16(12-27-19)11-18(26)23-15-4-6-17(7-5-15)25-21-8-9-22-25/h1-10,12H,11H2,(H,23,26). The van der Waals surface area contributed by atoms with Crippen molar-refractivity contribution >= 4 is 38.9 Å². The van der Waals surface area contributed by atoms with Crippen LogP contribution >= 0.6 is 27.3 Å². The second kappa shape index (κ2) is 7.81. The Labute approximate surface area is 168 Å². The first-order chi connectivity index (χ1) is 13.2. The lowest BCUT2D eigenvalue weighted by Crippen LogP contribution is -2.14. The molecule has 2 aromatic heterocycles. The zero-order valence-electron chi connectivity index (χ0n) is 14.0. The summed E-state index contributed by atoms with van der Waals surface area (Å²) in [6.07, 6.45) is 3.46. The van der Waals surface area contributed by atoms with Crippen molar-refractivity contribution in [3.8, 4) is 16.3 Å². The van der Waals surface area contributed by atoms with E-state index in [1.165, 1.54) is 16.1 Å². The van der Waals surface area contributed by atoms with Gasteiger partial charge in [-0.2, -0.15) is 15.0 Å². The molecule has 0 saturated heterocycles. The van der Waals surface area contributed by atoms with Gasteiger partial charge in [0.05, 0.1) is 30.2 Å². The highest BCUT2D eigenvalue weighted by Gasteiger charge is 2.10. The van der Waals surface area contributed by atoms with Gasteiger partial charge in [0.2, 0.25) is 5.91 Å². The van der Waals surface area contributed by atoms with E-state index in [-0.39, 0.29) is 12.3 Å². The van der Waals surface area contributed by atoms with E-state index in [0.29, 0.717) is 0 Å². The number of aromatic nitrogens is 4. The fraction of sp³-hybridized carbons (Fsp3) is 0.0526. The number of halogens is 1. The molecular weight excluding hydrogens is 426 g/mol. The van der Waals surface area contributed by atoms with Gasteiger partial charge in [-0.05, 0) is 36.4 Å². The van der Waals surface area contributed by atoms with E-state index in [0.717, 1.165) is 32.1 Å². The van der Waals surface area contributed by atoms with E-state index in [1.54, 1.807) is 12.4 Å². The number of benzene rings is 2. The third-order valence-corrected chi connectivity index (χ3v) is 5.20. The second-order valence-corrected chi connectivity index (χ2v) is 7.52. The van der Waals surface area contributed by atoms with Gasteiger partial charge < -0.3 is 5.32 Å². The zero-order chi connectivity index (χ0) is 18.6. The molecule has 0 unspecified atom stereocenters. The highest BCUT2D eigenvalue weighted by molar-refractivity contribution is 9.10. The summed E-state index contributed by atoms with van der Waals surface area (Å²) in [7, 11) is 0. The van der Waals surface area contributed by atoms with Gasteiger partial charge in [0.25, 0.3) is 0 Å². The van der Waals surface area contributed by atoms with Crippen LogP contribution in [-0.4, -0.2) is 25.9 Å². The summed E-state index contributed by atoms with van der Waals surface area (Å²) in [4.78, 5) is 18.4. The molecule has 0 fully saturated rings. The lowest BCUT2D eigenvalue weighted by Gasteiger charge is -2.05. The van der Waals surface area contributed by atoms with Crippen LogP contribution in [0.5, 0.6) is 0 Å². The Morgan fingerprint density at radius 1 is 1.11 bits per heavy atom. The molecule has 8 heteroatoms. The highest BCUT2D eigenvalue weighted by Crippen LogP contribution is 2.26. The monoisotopic (exact) mass is 439 g/mol. The van der Waals surface area contributed by atoms with Crippen molar-refractivity contribution in [1.29, 1.82) is 0 Å². The zero-order valence-corrected chi connectivity index (χ0v) is 16.4. The lowest BCUT2D eigenvalue weighted by atomic mass is 10.2. The van der Waals surface area contributed by atoms with Gasteiger partial charge in [0.15, 0.2) is 0 Å². The number of thiazole rings is 1. The van der Waals surface area contributed by atoms with Crippen LogP contribution in [-0.2, 0) is 11.2 Å². The molecule has 0 atom stereocenters. The summed E-state index contributed by atoms with van der Waals surface area (Å²) < 4.78 is 1.00. The number of nitrogens with zero attached hydrogens (tertiary/aromatic N) is 4. The van der Waals surface area contributed by atoms with Crippen LogP contribution in [0, 0.1) is 0 Å². The molecule has 0 saturated carbocycles. The largest absolute Gasteiger partial charge is 0.326 e. The predicted octanol–water partition coefficient (Wildman–Crippen LogP) is 4.33. The molecule has 27 heavy (non-hydrogen) atoms. The molecule has 0 radical (unpaired) electrons. The second-order valence-electron chi connectivity index (χ2n) is 5.74. The average molecular weight is 440 g/mol. The van der Waals surface area contributed by atoms with E-state index in [2.05, 4.69) is 36.4 Å². The Morgan fingerprint density at radius 2 is 1.89 bits per heavy atom. The van der Waals surface area contributed by atoms with Crippen LogP contribution in [0.2, 0.25) is 0 Å². The molecule has 134 valence electrons. The molecule has 0 bridgehead atoms. The maximum Gasteiger partial charge on any atom is 0.230 e. The Morgan fingerprint density at radius 3 is 2.63 bits per heavy atom. The highest BCUT2D eigenvalue weighted by atomic mass is 79.9. The van der Waals surface area contributed by atoms with Crippen LogP contribution < -0.4 is 5.32 Å². The predicted molar refractivity (Wildman–Crippen MR) is 109 cm³/mol. The fourth-order valence-corrected chi connectivity index (χ4v) is 3.76. The van der Waals surface area contributed by atoms with Crippen LogP contribution in [0.3, 0.4) is 0 Å². The van der Waals surface area contributed by atoms with Gasteiger partial charge >= 0.3 is 0 Å². The molecule has 2 aromatic carbocycles. The Hall–Kier alpha value is -2.84. The smallest absolute Gasteiger partial charge is 0.230 e. The van der Waals surface area contributed by atoms with E-state index in [9.17, 15) is 4.79 Å². The van der Waals surface area contributed by atoms with Gasteiger partial charge in [0, 0.05) is 21.1 Å². The van der Waals surface area contributed by atoms with E-state index < -0.39 is 0 Å². The number of anilines is 1. The normalized spacial score (nSPS) is 10.7. The van der Waals surface area contributed by atoms with E-state index in [4.69, 9.17) is 0 Å². The minimum absolute atomic E-state index is 0.106. The number of nitrogens with one attached hydrogen (secondary N) is 1. The molecule has 0 aliphatic carbocycles. The number of hydrogen-bond acceptors (Lipinski definition) is 5. The van der Waals surface area contributed by atoms with Gasteiger partial charge in [0.1, 0.15) is 5.01 Å².